The lowest BCUT2D eigenvalue weighted by Gasteiger charge is -2.08. The Labute approximate surface area is 144 Å². The number of anilines is 1. The lowest BCUT2D eigenvalue weighted by Crippen LogP contribution is -2.28. The van der Waals surface area contributed by atoms with Crippen LogP contribution in [0.4, 0.5) is 11.4 Å². The summed E-state index contributed by atoms with van der Waals surface area (Å²) in [6.45, 7) is 0.921. The molecular weight excluding hydrogens is 324 g/mol. The Morgan fingerprint density at radius 2 is 1.84 bits per heavy atom. The Morgan fingerprint density at radius 1 is 1.16 bits per heavy atom. The zero-order valence-corrected chi connectivity index (χ0v) is 13.6. The number of rotatable bonds is 8. The Balaban J connectivity index is 1.76. The van der Waals surface area contributed by atoms with E-state index in [0.29, 0.717) is 18.7 Å². The van der Waals surface area contributed by atoms with Gasteiger partial charge in [0.05, 0.1) is 11.1 Å². The summed E-state index contributed by atoms with van der Waals surface area (Å²) in [6, 6.07) is 13.1. The predicted octanol–water partition coefficient (Wildman–Crippen LogP) is 2.42. The first kappa shape index (κ1) is 17.9. The van der Waals surface area contributed by atoms with Crippen molar-refractivity contribution in [1.29, 1.82) is 0 Å². The summed E-state index contributed by atoms with van der Waals surface area (Å²) < 4.78 is 0. The van der Waals surface area contributed by atoms with Crippen molar-refractivity contribution in [2.24, 2.45) is 5.16 Å². The van der Waals surface area contributed by atoms with Crippen molar-refractivity contribution in [3.63, 3.8) is 0 Å². The Morgan fingerprint density at radius 3 is 2.44 bits per heavy atom. The van der Waals surface area contributed by atoms with E-state index < -0.39 is 4.92 Å². The van der Waals surface area contributed by atoms with Gasteiger partial charge < -0.3 is 15.5 Å². The molecule has 8 nitrogen and oxygen atoms in total. The first-order valence-corrected chi connectivity index (χ1v) is 7.53. The van der Waals surface area contributed by atoms with Crippen LogP contribution in [0.2, 0.25) is 0 Å². The highest BCUT2D eigenvalue weighted by Gasteiger charge is 2.05. The van der Waals surface area contributed by atoms with Crippen LogP contribution in [0.25, 0.3) is 0 Å². The summed E-state index contributed by atoms with van der Waals surface area (Å²) in [6.07, 6.45) is 1.55. The van der Waals surface area contributed by atoms with E-state index in [-0.39, 0.29) is 11.6 Å². The number of nitro benzene ring substituents is 1. The van der Waals surface area contributed by atoms with E-state index in [2.05, 4.69) is 20.6 Å². The summed E-state index contributed by atoms with van der Waals surface area (Å²) in [5.41, 5.74) is 2.17. The molecule has 0 saturated carbocycles. The molecular formula is C17H18N4O4. The number of benzene rings is 2. The first-order valence-electron chi connectivity index (χ1n) is 7.53. The van der Waals surface area contributed by atoms with Crippen LogP contribution in [0, 0.1) is 10.1 Å². The van der Waals surface area contributed by atoms with E-state index in [0.717, 1.165) is 11.3 Å². The number of hydrogen-bond acceptors (Lipinski definition) is 6. The topological polar surface area (TPSA) is 106 Å². The number of carbonyl (C=O) groups is 1. The number of hydrogen-bond donors (Lipinski definition) is 2. The summed E-state index contributed by atoms with van der Waals surface area (Å²) >= 11 is 0. The summed E-state index contributed by atoms with van der Waals surface area (Å²) in [5.74, 6) is -0.180. The third kappa shape index (κ3) is 5.61. The highest BCUT2D eigenvalue weighted by Crippen LogP contribution is 2.14. The van der Waals surface area contributed by atoms with Gasteiger partial charge in [-0.3, -0.25) is 14.9 Å². The highest BCUT2D eigenvalue weighted by molar-refractivity contribution is 5.95. The minimum atomic E-state index is -0.448. The Bertz CT molecular complexity index is 742. The van der Waals surface area contributed by atoms with Crippen LogP contribution in [0.3, 0.4) is 0 Å². The second-order valence-corrected chi connectivity index (χ2v) is 5.03. The zero-order chi connectivity index (χ0) is 18.1. The number of oxime groups is 1. The van der Waals surface area contributed by atoms with Gasteiger partial charge in [-0.25, -0.2) is 0 Å². The molecule has 2 aromatic carbocycles. The summed E-state index contributed by atoms with van der Waals surface area (Å²) in [4.78, 5) is 26.8. The van der Waals surface area contributed by atoms with E-state index in [1.165, 1.54) is 19.2 Å². The maximum absolute atomic E-state index is 12.0. The predicted molar refractivity (Wildman–Crippen MR) is 95.0 cm³/mol. The number of carbonyl (C=O) groups excluding carboxylic acids is 1. The molecule has 0 bridgehead atoms. The van der Waals surface area contributed by atoms with E-state index in [9.17, 15) is 14.9 Å². The molecule has 2 rings (SSSR count). The summed E-state index contributed by atoms with van der Waals surface area (Å²) in [5, 5.41) is 20.1. The van der Waals surface area contributed by atoms with Crippen LogP contribution in [-0.2, 0) is 4.84 Å². The molecule has 130 valence electrons. The molecule has 0 heterocycles. The van der Waals surface area contributed by atoms with Crippen LogP contribution in [0.1, 0.15) is 15.9 Å². The van der Waals surface area contributed by atoms with E-state index in [1.807, 2.05) is 0 Å². The molecule has 0 atom stereocenters. The zero-order valence-electron chi connectivity index (χ0n) is 13.6. The SMILES string of the molecule is CO/N=C/c1ccc(C(=O)NCCNc2ccc([N+](=O)[O-])cc2)cc1. The molecule has 0 aliphatic carbocycles. The fraction of sp³-hybridized carbons (Fsp3) is 0.176. The fourth-order valence-corrected chi connectivity index (χ4v) is 2.02. The molecule has 25 heavy (non-hydrogen) atoms. The van der Waals surface area contributed by atoms with Crippen molar-refractivity contribution in [1.82, 2.24) is 5.32 Å². The second kappa shape index (κ2) is 9.02. The number of nitro groups is 1. The van der Waals surface area contributed by atoms with Gasteiger partial charge in [-0.15, -0.1) is 0 Å². The monoisotopic (exact) mass is 342 g/mol. The molecule has 2 aromatic rings. The Hall–Kier alpha value is -3.42. The van der Waals surface area contributed by atoms with Crippen molar-refractivity contribution in [2.45, 2.75) is 0 Å². The number of amides is 1. The van der Waals surface area contributed by atoms with Gasteiger partial charge in [0.25, 0.3) is 11.6 Å². The van der Waals surface area contributed by atoms with Crippen molar-refractivity contribution >= 4 is 23.5 Å². The molecule has 0 saturated heterocycles. The molecule has 2 N–H and O–H groups in total. The van der Waals surface area contributed by atoms with Crippen molar-refractivity contribution in [3.8, 4) is 0 Å². The average Bonchev–Trinajstić information content (AvgIpc) is 2.64. The van der Waals surface area contributed by atoms with Gasteiger partial charge in [0, 0.05) is 36.5 Å². The largest absolute Gasteiger partial charge is 0.399 e. The third-order valence-corrected chi connectivity index (χ3v) is 3.30. The van der Waals surface area contributed by atoms with E-state index in [1.54, 1.807) is 42.6 Å². The fourth-order valence-electron chi connectivity index (χ4n) is 2.02. The highest BCUT2D eigenvalue weighted by atomic mass is 16.6. The lowest BCUT2D eigenvalue weighted by atomic mass is 10.1. The third-order valence-electron chi connectivity index (χ3n) is 3.30. The van der Waals surface area contributed by atoms with E-state index >= 15 is 0 Å². The smallest absolute Gasteiger partial charge is 0.269 e. The molecule has 0 unspecified atom stereocenters. The van der Waals surface area contributed by atoms with Crippen molar-refractivity contribution in [2.75, 3.05) is 25.5 Å². The van der Waals surface area contributed by atoms with Crippen LogP contribution < -0.4 is 10.6 Å². The maximum atomic E-state index is 12.0. The van der Waals surface area contributed by atoms with Gasteiger partial charge in [0.1, 0.15) is 7.11 Å². The maximum Gasteiger partial charge on any atom is 0.269 e. The molecule has 0 fully saturated rings. The van der Waals surface area contributed by atoms with Crippen LogP contribution in [-0.4, -0.2) is 37.2 Å². The molecule has 0 aromatic heterocycles. The average molecular weight is 342 g/mol. The quantitative estimate of drug-likeness (QED) is 0.332. The minimum absolute atomic E-state index is 0.0397. The van der Waals surface area contributed by atoms with Gasteiger partial charge in [-0.2, -0.15) is 0 Å². The van der Waals surface area contributed by atoms with E-state index in [4.69, 9.17) is 0 Å². The van der Waals surface area contributed by atoms with Crippen LogP contribution in [0.15, 0.2) is 53.7 Å². The first-order chi connectivity index (χ1) is 12.1. The molecule has 0 aliphatic heterocycles. The number of nitrogens with one attached hydrogen (secondary N) is 2. The molecule has 0 radical (unpaired) electrons. The van der Waals surface area contributed by atoms with Crippen LogP contribution >= 0.6 is 0 Å². The number of nitrogens with zero attached hydrogens (tertiary/aromatic N) is 2. The van der Waals surface area contributed by atoms with Crippen molar-refractivity contribution in [3.05, 3.63) is 69.8 Å². The van der Waals surface area contributed by atoms with Gasteiger partial charge in [0.2, 0.25) is 0 Å². The minimum Gasteiger partial charge on any atom is -0.399 e. The number of non-ortho nitro benzene ring substituents is 1. The molecule has 8 heteroatoms. The van der Waals surface area contributed by atoms with Gasteiger partial charge >= 0.3 is 0 Å². The molecule has 0 aliphatic rings. The summed E-state index contributed by atoms with van der Waals surface area (Å²) in [7, 11) is 1.46. The Kier molecular flexibility index (Phi) is 6.47. The molecule has 1 amide bonds. The van der Waals surface area contributed by atoms with Crippen molar-refractivity contribution < 1.29 is 14.6 Å². The molecule has 0 spiro atoms. The van der Waals surface area contributed by atoms with Crippen LogP contribution in [0.5, 0.6) is 0 Å². The standard InChI is InChI=1S/C17H18N4O4/c1-25-20-12-13-2-4-14(5-3-13)17(22)19-11-10-18-15-6-8-16(9-7-15)21(23)24/h2-9,12,18H,10-11H2,1H3,(H,19,22)/b20-12+. The van der Waals surface area contributed by atoms with Gasteiger partial charge in [-0.1, -0.05) is 17.3 Å². The second-order valence-electron chi connectivity index (χ2n) is 5.03. The lowest BCUT2D eigenvalue weighted by molar-refractivity contribution is -0.384. The normalized spacial score (nSPS) is 10.4. The van der Waals surface area contributed by atoms with Gasteiger partial charge in [-0.05, 0) is 29.8 Å². The van der Waals surface area contributed by atoms with Gasteiger partial charge in [0.15, 0.2) is 0 Å².